The Balaban J connectivity index is 2.18. The van der Waals surface area contributed by atoms with E-state index in [-0.39, 0.29) is 0 Å². The molecule has 1 N–H and O–H groups in total. The first-order valence-corrected chi connectivity index (χ1v) is 3.49. The van der Waals surface area contributed by atoms with Crippen LogP contribution in [0.3, 0.4) is 0 Å². The number of rotatable bonds is 1. The van der Waals surface area contributed by atoms with Crippen molar-refractivity contribution >= 4 is 0 Å². The zero-order valence-electron chi connectivity index (χ0n) is 5.71. The summed E-state index contributed by atoms with van der Waals surface area (Å²) in [6, 6.07) is 0. The Kier molecular flexibility index (Phi) is 2.49. The number of aliphatic hydroxyl groups is 1. The van der Waals surface area contributed by atoms with Gasteiger partial charge in [0, 0.05) is 13.7 Å². The molecule has 1 saturated heterocycles. The van der Waals surface area contributed by atoms with Crippen LogP contribution in [0.2, 0.25) is 0 Å². The Hall–Kier alpha value is -0.0800. The van der Waals surface area contributed by atoms with E-state index in [2.05, 4.69) is 11.9 Å². The zero-order chi connectivity index (χ0) is 6.69. The average molecular weight is 128 g/mol. The Morgan fingerprint density at radius 2 is 2.00 bits per heavy atom. The summed E-state index contributed by atoms with van der Waals surface area (Å²) in [6.45, 7) is 2.45. The van der Waals surface area contributed by atoms with E-state index in [1.54, 1.807) is 0 Å². The van der Waals surface area contributed by atoms with Gasteiger partial charge in [0.2, 0.25) is 0 Å². The van der Waals surface area contributed by atoms with Crippen LogP contribution in [0.5, 0.6) is 0 Å². The highest BCUT2D eigenvalue weighted by atomic mass is 16.3. The molecule has 0 unspecified atom stereocenters. The summed E-state index contributed by atoms with van der Waals surface area (Å²) in [5.74, 6) is 0.544. The maximum atomic E-state index is 8.74. The Bertz CT molecular complexity index is 77.0. The molecule has 0 bridgehead atoms. The molecule has 1 aliphatic rings. The highest BCUT2D eigenvalue weighted by molar-refractivity contribution is 4.70. The van der Waals surface area contributed by atoms with Gasteiger partial charge in [-0.3, -0.25) is 0 Å². The van der Waals surface area contributed by atoms with Crippen LogP contribution in [0, 0.1) is 13.0 Å². The first kappa shape index (κ1) is 7.03. The number of aliphatic hydroxyl groups excluding tert-OH is 1. The highest BCUT2D eigenvalue weighted by Crippen LogP contribution is 2.14. The molecule has 0 aromatic heterocycles. The normalized spacial score (nSPS) is 24.7. The summed E-state index contributed by atoms with van der Waals surface area (Å²) >= 11 is 0. The van der Waals surface area contributed by atoms with Gasteiger partial charge in [-0.15, -0.1) is 0 Å². The van der Waals surface area contributed by atoms with Crippen molar-refractivity contribution in [2.45, 2.75) is 12.8 Å². The summed E-state index contributed by atoms with van der Waals surface area (Å²) in [7, 11) is 3.82. The smallest absolute Gasteiger partial charge is 0.0460 e. The van der Waals surface area contributed by atoms with Crippen LogP contribution in [0.15, 0.2) is 0 Å². The summed E-state index contributed by atoms with van der Waals surface area (Å²) in [5, 5.41) is 8.74. The number of hydrogen-bond donors (Lipinski definition) is 1. The van der Waals surface area contributed by atoms with Crippen molar-refractivity contribution in [3.8, 4) is 0 Å². The predicted octanol–water partition coefficient (Wildman–Crippen LogP) is 0.482. The molecule has 1 fully saturated rings. The monoisotopic (exact) mass is 128 g/mol. The minimum Gasteiger partial charge on any atom is -0.396 e. The molecule has 1 rings (SSSR count). The van der Waals surface area contributed by atoms with Gasteiger partial charge in [-0.2, -0.15) is 0 Å². The van der Waals surface area contributed by atoms with Gasteiger partial charge in [0.1, 0.15) is 0 Å². The molecule has 1 aliphatic heterocycles. The Morgan fingerprint density at radius 1 is 1.44 bits per heavy atom. The van der Waals surface area contributed by atoms with Crippen molar-refractivity contribution < 1.29 is 5.11 Å². The van der Waals surface area contributed by atoms with Crippen molar-refractivity contribution in [2.75, 3.05) is 19.7 Å². The van der Waals surface area contributed by atoms with Crippen molar-refractivity contribution in [1.82, 2.24) is 4.90 Å². The SMILES string of the molecule is [CH2]N1CCC(CO)CC1. The number of likely N-dealkylation sites (tertiary alicyclic amines) is 1. The molecule has 9 heavy (non-hydrogen) atoms. The molecular formula is C7H14NO. The van der Waals surface area contributed by atoms with Gasteiger partial charge in [-0.05, 0) is 31.8 Å². The van der Waals surface area contributed by atoms with E-state index in [0.29, 0.717) is 12.5 Å². The topological polar surface area (TPSA) is 23.5 Å². The second kappa shape index (κ2) is 3.18. The first-order valence-electron chi connectivity index (χ1n) is 3.49. The molecule has 1 radical (unpaired) electrons. The van der Waals surface area contributed by atoms with Crippen LogP contribution < -0.4 is 0 Å². The molecule has 1 heterocycles. The van der Waals surface area contributed by atoms with Gasteiger partial charge < -0.3 is 10.0 Å². The van der Waals surface area contributed by atoms with E-state index in [9.17, 15) is 0 Å². The van der Waals surface area contributed by atoms with E-state index in [4.69, 9.17) is 5.11 Å². The molecule has 2 nitrogen and oxygen atoms in total. The summed E-state index contributed by atoms with van der Waals surface area (Å²) in [6.07, 6.45) is 2.22. The number of piperidine rings is 1. The molecule has 0 amide bonds. The van der Waals surface area contributed by atoms with Gasteiger partial charge in [-0.25, -0.2) is 0 Å². The fourth-order valence-electron chi connectivity index (χ4n) is 1.17. The Labute approximate surface area is 56.5 Å². The van der Waals surface area contributed by atoms with Gasteiger partial charge in [0.15, 0.2) is 0 Å². The Morgan fingerprint density at radius 3 is 2.44 bits per heavy atom. The largest absolute Gasteiger partial charge is 0.396 e. The van der Waals surface area contributed by atoms with Crippen LogP contribution >= 0.6 is 0 Å². The minimum atomic E-state index is 0.355. The minimum absolute atomic E-state index is 0.355. The molecule has 0 aromatic carbocycles. The third-order valence-corrected chi connectivity index (χ3v) is 1.97. The molecule has 0 aliphatic carbocycles. The second-order valence-corrected chi connectivity index (χ2v) is 2.74. The lowest BCUT2D eigenvalue weighted by atomic mass is 9.98. The third kappa shape index (κ3) is 1.95. The average Bonchev–Trinajstić information content (AvgIpc) is 1.90. The van der Waals surface area contributed by atoms with E-state index in [1.807, 2.05) is 0 Å². The standard InChI is InChI=1S/C7H14NO/c1-8-4-2-7(6-9)3-5-8/h7,9H,1-6H2. The maximum absolute atomic E-state index is 8.74. The van der Waals surface area contributed by atoms with E-state index in [0.717, 1.165) is 25.9 Å². The first-order chi connectivity index (χ1) is 4.33. The zero-order valence-corrected chi connectivity index (χ0v) is 5.71. The molecule has 53 valence electrons. The van der Waals surface area contributed by atoms with Crippen molar-refractivity contribution in [2.24, 2.45) is 5.92 Å². The quantitative estimate of drug-likeness (QED) is 0.555. The molecule has 0 saturated carbocycles. The highest BCUT2D eigenvalue weighted by Gasteiger charge is 2.14. The fraction of sp³-hybridized carbons (Fsp3) is 0.857. The fourth-order valence-corrected chi connectivity index (χ4v) is 1.17. The van der Waals surface area contributed by atoms with Crippen LogP contribution in [-0.4, -0.2) is 29.7 Å². The van der Waals surface area contributed by atoms with E-state index >= 15 is 0 Å². The van der Waals surface area contributed by atoms with Crippen LogP contribution in [0.25, 0.3) is 0 Å². The maximum Gasteiger partial charge on any atom is 0.0460 e. The van der Waals surface area contributed by atoms with Gasteiger partial charge in [-0.1, -0.05) is 0 Å². The summed E-state index contributed by atoms with van der Waals surface area (Å²) in [4.78, 5) is 2.06. The van der Waals surface area contributed by atoms with Crippen LogP contribution in [0.4, 0.5) is 0 Å². The lowest BCUT2D eigenvalue weighted by Crippen LogP contribution is -2.29. The van der Waals surface area contributed by atoms with E-state index in [1.165, 1.54) is 0 Å². The van der Waals surface area contributed by atoms with Crippen LogP contribution in [-0.2, 0) is 0 Å². The number of hydrogen-bond acceptors (Lipinski definition) is 2. The molecule has 0 atom stereocenters. The number of nitrogens with zero attached hydrogens (tertiary/aromatic N) is 1. The van der Waals surface area contributed by atoms with E-state index < -0.39 is 0 Å². The molecular weight excluding hydrogens is 114 g/mol. The summed E-state index contributed by atoms with van der Waals surface area (Å²) in [5.41, 5.74) is 0. The van der Waals surface area contributed by atoms with Gasteiger partial charge in [0.05, 0.1) is 0 Å². The van der Waals surface area contributed by atoms with Crippen LogP contribution in [0.1, 0.15) is 12.8 Å². The third-order valence-electron chi connectivity index (χ3n) is 1.97. The second-order valence-electron chi connectivity index (χ2n) is 2.74. The van der Waals surface area contributed by atoms with Crippen molar-refractivity contribution in [3.63, 3.8) is 0 Å². The van der Waals surface area contributed by atoms with Crippen molar-refractivity contribution in [1.29, 1.82) is 0 Å². The molecule has 2 heteroatoms. The lowest BCUT2D eigenvalue weighted by Gasteiger charge is -2.27. The van der Waals surface area contributed by atoms with Gasteiger partial charge >= 0.3 is 0 Å². The van der Waals surface area contributed by atoms with Crippen molar-refractivity contribution in [3.05, 3.63) is 7.05 Å². The predicted molar refractivity (Wildman–Crippen MR) is 36.7 cm³/mol. The lowest BCUT2D eigenvalue weighted by molar-refractivity contribution is 0.156. The molecule has 0 spiro atoms. The molecule has 0 aromatic rings. The van der Waals surface area contributed by atoms with Gasteiger partial charge in [0.25, 0.3) is 0 Å². The summed E-state index contributed by atoms with van der Waals surface area (Å²) < 4.78 is 0.